The fourth-order valence-corrected chi connectivity index (χ4v) is 1.81. The van der Waals surface area contributed by atoms with E-state index >= 15 is 0 Å². The van der Waals surface area contributed by atoms with Gasteiger partial charge >= 0.3 is 5.97 Å². The van der Waals surface area contributed by atoms with Crippen molar-refractivity contribution < 1.29 is 14.3 Å². The van der Waals surface area contributed by atoms with Gasteiger partial charge in [0.1, 0.15) is 12.4 Å². The van der Waals surface area contributed by atoms with E-state index in [9.17, 15) is 4.79 Å². The molecule has 4 heteroatoms. The lowest BCUT2D eigenvalue weighted by Crippen LogP contribution is -2.10. The fourth-order valence-electron chi connectivity index (χ4n) is 1.81. The second-order valence-electron chi connectivity index (χ2n) is 4.42. The summed E-state index contributed by atoms with van der Waals surface area (Å²) in [6.45, 7) is 2.24. The molecule has 2 aromatic rings. The Bertz CT molecular complexity index is 552. The Labute approximate surface area is 118 Å². The molecule has 1 aromatic carbocycles. The zero-order valence-electron chi connectivity index (χ0n) is 11.6. The summed E-state index contributed by atoms with van der Waals surface area (Å²) in [4.78, 5) is 15.6. The number of hydrogen-bond acceptors (Lipinski definition) is 4. The van der Waals surface area contributed by atoms with Gasteiger partial charge in [0.05, 0.1) is 18.7 Å². The molecule has 0 radical (unpaired) electrons. The summed E-state index contributed by atoms with van der Waals surface area (Å²) < 4.78 is 10.4. The smallest absolute Gasteiger partial charge is 0.312 e. The normalized spacial score (nSPS) is 11.7. The van der Waals surface area contributed by atoms with Crippen LogP contribution in [0.4, 0.5) is 0 Å². The molecule has 4 nitrogen and oxygen atoms in total. The number of nitrogens with zero attached hydrogens (tertiary/aromatic N) is 1. The lowest BCUT2D eigenvalue weighted by atomic mass is 10.0. The van der Waals surface area contributed by atoms with Crippen molar-refractivity contribution >= 4 is 5.97 Å². The van der Waals surface area contributed by atoms with Crippen molar-refractivity contribution in [2.45, 2.75) is 19.4 Å². The standard InChI is InChI=1S/C16H17NO3/c1-12(16(18)19-2)13-6-8-15(9-7-13)20-11-14-5-3-4-10-17-14/h3-10,12H,11H2,1-2H3. The molecule has 0 bridgehead atoms. The number of carbonyl (C=O) groups excluding carboxylic acids is 1. The second-order valence-corrected chi connectivity index (χ2v) is 4.42. The van der Waals surface area contributed by atoms with Crippen molar-refractivity contribution in [1.82, 2.24) is 4.98 Å². The average molecular weight is 271 g/mol. The molecule has 0 aliphatic heterocycles. The van der Waals surface area contributed by atoms with E-state index in [1.807, 2.05) is 49.4 Å². The second kappa shape index (κ2) is 6.70. The van der Waals surface area contributed by atoms with Gasteiger partial charge in [-0.1, -0.05) is 18.2 Å². The summed E-state index contributed by atoms with van der Waals surface area (Å²) in [5.74, 6) is 0.230. The molecule has 1 aromatic heterocycles. The maximum Gasteiger partial charge on any atom is 0.312 e. The topological polar surface area (TPSA) is 48.4 Å². The Morgan fingerprint density at radius 1 is 1.20 bits per heavy atom. The Morgan fingerprint density at radius 3 is 2.55 bits per heavy atom. The van der Waals surface area contributed by atoms with Crippen LogP contribution in [0.25, 0.3) is 0 Å². The molecule has 1 unspecified atom stereocenters. The Morgan fingerprint density at radius 2 is 1.95 bits per heavy atom. The Hall–Kier alpha value is -2.36. The third-order valence-corrected chi connectivity index (χ3v) is 3.05. The van der Waals surface area contributed by atoms with E-state index in [1.54, 1.807) is 6.20 Å². The van der Waals surface area contributed by atoms with Crippen molar-refractivity contribution in [3.8, 4) is 5.75 Å². The summed E-state index contributed by atoms with van der Waals surface area (Å²) in [6, 6.07) is 13.1. The largest absolute Gasteiger partial charge is 0.487 e. The number of methoxy groups -OCH3 is 1. The van der Waals surface area contributed by atoms with Crippen LogP contribution in [0.3, 0.4) is 0 Å². The van der Waals surface area contributed by atoms with Crippen LogP contribution in [-0.4, -0.2) is 18.1 Å². The average Bonchev–Trinajstić information content (AvgIpc) is 2.53. The first-order valence-corrected chi connectivity index (χ1v) is 6.41. The van der Waals surface area contributed by atoms with E-state index in [4.69, 9.17) is 9.47 Å². The Balaban J connectivity index is 1.96. The van der Waals surface area contributed by atoms with Gasteiger partial charge in [0.15, 0.2) is 0 Å². The first-order valence-electron chi connectivity index (χ1n) is 6.41. The van der Waals surface area contributed by atoms with Crippen molar-refractivity contribution in [3.05, 3.63) is 59.9 Å². The first kappa shape index (κ1) is 14.1. The fraction of sp³-hybridized carbons (Fsp3) is 0.250. The monoisotopic (exact) mass is 271 g/mol. The molecule has 0 saturated carbocycles. The number of aromatic nitrogens is 1. The highest BCUT2D eigenvalue weighted by atomic mass is 16.5. The van der Waals surface area contributed by atoms with Crippen LogP contribution in [0.1, 0.15) is 24.1 Å². The highest BCUT2D eigenvalue weighted by Gasteiger charge is 2.15. The van der Waals surface area contributed by atoms with Gasteiger partial charge in [0.2, 0.25) is 0 Å². The molecule has 0 saturated heterocycles. The minimum Gasteiger partial charge on any atom is -0.487 e. The van der Waals surface area contributed by atoms with Crippen LogP contribution in [0, 0.1) is 0 Å². The van der Waals surface area contributed by atoms with Gasteiger partial charge in [0, 0.05) is 6.20 Å². The third kappa shape index (κ3) is 3.57. The van der Waals surface area contributed by atoms with E-state index in [1.165, 1.54) is 7.11 Å². The predicted octanol–water partition coefficient (Wildman–Crippen LogP) is 2.94. The summed E-state index contributed by atoms with van der Waals surface area (Å²) in [5.41, 5.74) is 1.78. The molecule has 1 atom stereocenters. The molecule has 0 aliphatic carbocycles. The van der Waals surface area contributed by atoms with Crippen LogP contribution >= 0.6 is 0 Å². The molecule has 2 rings (SSSR count). The first-order chi connectivity index (χ1) is 9.70. The van der Waals surface area contributed by atoms with Crippen LogP contribution < -0.4 is 4.74 Å². The van der Waals surface area contributed by atoms with Gasteiger partial charge in [-0.2, -0.15) is 0 Å². The maximum atomic E-state index is 11.4. The number of benzene rings is 1. The van der Waals surface area contributed by atoms with Gasteiger partial charge in [-0.05, 0) is 36.8 Å². The zero-order chi connectivity index (χ0) is 14.4. The highest BCUT2D eigenvalue weighted by Crippen LogP contribution is 2.20. The molecule has 0 spiro atoms. The number of hydrogen-bond donors (Lipinski definition) is 0. The van der Waals surface area contributed by atoms with Gasteiger partial charge in [-0.25, -0.2) is 0 Å². The summed E-state index contributed by atoms with van der Waals surface area (Å²) in [5, 5.41) is 0. The van der Waals surface area contributed by atoms with Gasteiger partial charge in [0.25, 0.3) is 0 Å². The number of esters is 1. The summed E-state index contributed by atoms with van der Waals surface area (Å²) in [7, 11) is 1.39. The molecule has 104 valence electrons. The third-order valence-electron chi connectivity index (χ3n) is 3.05. The lowest BCUT2D eigenvalue weighted by Gasteiger charge is -2.10. The predicted molar refractivity (Wildman–Crippen MR) is 75.4 cm³/mol. The maximum absolute atomic E-state index is 11.4. The SMILES string of the molecule is COC(=O)C(C)c1ccc(OCc2ccccn2)cc1. The summed E-state index contributed by atoms with van der Waals surface area (Å²) >= 11 is 0. The molecule has 20 heavy (non-hydrogen) atoms. The van der Waals surface area contributed by atoms with E-state index < -0.39 is 0 Å². The van der Waals surface area contributed by atoms with Crippen LogP contribution in [0.5, 0.6) is 5.75 Å². The van der Waals surface area contributed by atoms with Gasteiger partial charge in [-0.15, -0.1) is 0 Å². The van der Waals surface area contributed by atoms with Crippen molar-refractivity contribution in [2.75, 3.05) is 7.11 Å². The zero-order valence-corrected chi connectivity index (χ0v) is 11.6. The quantitative estimate of drug-likeness (QED) is 0.784. The van der Waals surface area contributed by atoms with E-state index in [0.717, 1.165) is 17.0 Å². The molecule has 0 aliphatic rings. The highest BCUT2D eigenvalue weighted by molar-refractivity contribution is 5.77. The lowest BCUT2D eigenvalue weighted by molar-refractivity contribution is -0.141. The van der Waals surface area contributed by atoms with Crippen LogP contribution in [0.2, 0.25) is 0 Å². The number of ether oxygens (including phenoxy) is 2. The van der Waals surface area contributed by atoms with Gasteiger partial charge in [-0.3, -0.25) is 9.78 Å². The van der Waals surface area contributed by atoms with Crippen LogP contribution in [-0.2, 0) is 16.1 Å². The molecular weight excluding hydrogens is 254 g/mol. The van der Waals surface area contributed by atoms with Crippen molar-refractivity contribution in [3.63, 3.8) is 0 Å². The molecule has 0 fully saturated rings. The van der Waals surface area contributed by atoms with E-state index in [2.05, 4.69) is 4.98 Å². The molecular formula is C16H17NO3. The minimum atomic E-state index is -0.273. The number of carbonyl (C=O) groups is 1. The molecule has 0 N–H and O–H groups in total. The van der Waals surface area contributed by atoms with Crippen LogP contribution in [0.15, 0.2) is 48.7 Å². The van der Waals surface area contributed by atoms with Gasteiger partial charge < -0.3 is 9.47 Å². The number of rotatable bonds is 5. The molecule has 1 heterocycles. The summed E-state index contributed by atoms with van der Waals surface area (Å²) in [6.07, 6.45) is 1.74. The van der Waals surface area contributed by atoms with E-state index in [-0.39, 0.29) is 11.9 Å². The number of pyridine rings is 1. The minimum absolute atomic E-state index is 0.243. The molecule has 0 amide bonds. The van der Waals surface area contributed by atoms with E-state index in [0.29, 0.717) is 6.61 Å². The Kier molecular flexibility index (Phi) is 4.71. The van der Waals surface area contributed by atoms with Crippen molar-refractivity contribution in [2.24, 2.45) is 0 Å². The van der Waals surface area contributed by atoms with Crippen molar-refractivity contribution in [1.29, 1.82) is 0 Å².